The van der Waals surface area contributed by atoms with Crippen molar-refractivity contribution in [1.29, 1.82) is 0 Å². The average molecular weight is 343 g/mol. The van der Waals surface area contributed by atoms with Gasteiger partial charge in [0.15, 0.2) is 5.16 Å². The van der Waals surface area contributed by atoms with E-state index >= 15 is 0 Å². The van der Waals surface area contributed by atoms with Crippen molar-refractivity contribution in [3.63, 3.8) is 0 Å². The van der Waals surface area contributed by atoms with Gasteiger partial charge < -0.3 is 10.6 Å². The summed E-state index contributed by atoms with van der Waals surface area (Å²) in [6.45, 7) is 8.60. The van der Waals surface area contributed by atoms with Crippen LogP contribution in [0.25, 0.3) is 0 Å². The molecular formula is C15H23ClN4OS. The summed E-state index contributed by atoms with van der Waals surface area (Å²) >= 11 is 7.49. The molecule has 122 valence electrons. The smallest absolute Gasteiger partial charge is 0.256 e. The van der Waals surface area contributed by atoms with E-state index in [2.05, 4.69) is 48.3 Å². The number of rotatable bonds is 3. The monoisotopic (exact) mass is 342 g/mol. The van der Waals surface area contributed by atoms with Gasteiger partial charge in [0.2, 0.25) is 0 Å². The van der Waals surface area contributed by atoms with Gasteiger partial charge in [-0.3, -0.25) is 4.79 Å². The molecule has 1 amide bonds. The number of nitrogens with zero attached hydrogens (tertiary/aromatic N) is 2. The molecule has 5 nitrogen and oxygen atoms in total. The fraction of sp³-hybridized carbons (Fsp3) is 0.667. The highest BCUT2D eigenvalue weighted by molar-refractivity contribution is 7.98. The third-order valence-corrected chi connectivity index (χ3v) is 4.52. The van der Waals surface area contributed by atoms with Gasteiger partial charge >= 0.3 is 0 Å². The zero-order chi connectivity index (χ0) is 16.5. The molecule has 1 aliphatic heterocycles. The molecule has 0 aliphatic carbocycles. The van der Waals surface area contributed by atoms with Gasteiger partial charge in [0.1, 0.15) is 5.15 Å². The van der Waals surface area contributed by atoms with Crippen LogP contribution in [0.1, 0.15) is 50.9 Å². The predicted molar refractivity (Wildman–Crippen MR) is 90.6 cm³/mol. The van der Waals surface area contributed by atoms with Gasteiger partial charge in [-0.1, -0.05) is 23.4 Å². The van der Waals surface area contributed by atoms with E-state index in [0.717, 1.165) is 12.8 Å². The molecule has 2 N–H and O–H groups in total. The van der Waals surface area contributed by atoms with Gasteiger partial charge in [0.05, 0.1) is 5.56 Å². The summed E-state index contributed by atoms with van der Waals surface area (Å²) in [7, 11) is 0. The van der Waals surface area contributed by atoms with Gasteiger partial charge in [-0.25, -0.2) is 9.97 Å². The molecule has 22 heavy (non-hydrogen) atoms. The average Bonchev–Trinajstić information content (AvgIpc) is 2.34. The molecule has 1 aromatic heterocycles. The first kappa shape index (κ1) is 17.5. The Morgan fingerprint density at radius 3 is 2.45 bits per heavy atom. The van der Waals surface area contributed by atoms with Crippen LogP contribution in [-0.2, 0) is 0 Å². The standard InChI is InChI=1S/C15H23ClN4OS/c1-14(2)6-9(7-15(3,4)20-14)18-12(21)10-8-17-13(22-5)19-11(10)16/h8-9,20H,6-7H2,1-5H3,(H,18,21). The number of hydrogen-bond donors (Lipinski definition) is 2. The first-order chi connectivity index (χ1) is 10.1. The van der Waals surface area contributed by atoms with Crippen LogP contribution in [0.3, 0.4) is 0 Å². The molecule has 2 heterocycles. The summed E-state index contributed by atoms with van der Waals surface area (Å²) in [6, 6.07) is 0.0926. The van der Waals surface area contributed by atoms with E-state index in [9.17, 15) is 4.79 Å². The largest absolute Gasteiger partial charge is 0.349 e. The molecule has 1 aromatic rings. The van der Waals surface area contributed by atoms with Crippen molar-refractivity contribution in [3.8, 4) is 0 Å². The summed E-state index contributed by atoms with van der Waals surface area (Å²) in [5, 5.41) is 7.43. The number of halogens is 1. The molecule has 0 aromatic carbocycles. The quantitative estimate of drug-likeness (QED) is 0.502. The van der Waals surface area contributed by atoms with E-state index in [1.54, 1.807) is 0 Å². The van der Waals surface area contributed by atoms with Gasteiger partial charge in [0.25, 0.3) is 5.91 Å². The molecular weight excluding hydrogens is 320 g/mol. The van der Waals surface area contributed by atoms with Crippen LogP contribution in [0.15, 0.2) is 11.4 Å². The Hall–Kier alpha value is -0.850. The molecule has 2 rings (SSSR count). The van der Waals surface area contributed by atoms with Crippen LogP contribution in [0.5, 0.6) is 0 Å². The zero-order valence-electron chi connectivity index (χ0n) is 13.7. The minimum absolute atomic E-state index is 0.0251. The SMILES string of the molecule is CSc1ncc(C(=O)NC2CC(C)(C)NC(C)(C)C2)c(Cl)n1. The van der Waals surface area contributed by atoms with E-state index in [1.807, 2.05) is 6.26 Å². The highest BCUT2D eigenvalue weighted by Gasteiger charge is 2.38. The Bertz CT molecular complexity index is 561. The molecule has 0 unspecified atom stereocenters. The molecule has 1 fully saturated rings. The van der Waals surface area contributed by atoms with Gasteiger partial charge in [-0.05, 0) is 46.8 Å². The zero-order valence-corrected chi connectivity index (χ0v) is 15.2. The lowest BCUT2D eigenvalue weighted by Crippen LogP contribution is -2.62. The number of aromatic nitrogens is 2. The lowest BCUT2D eigenvalue weighted by Gasteiger charge is -2.46. The first-order valence-electron chi connectivity index (χ1n) is 7.29. The molecule has 0 saturated carbocycles. The topological polar surface area (TPSA) is 66.9 Å². The van der Waals surface area contributed by atoms with Crippen molar-refractivity contribution in [2.24, 2.45) is 0 Å². The fourth-order valence-electron chi connectivity index (χ4n) is 3.28. The highest BCUT2D eigenvalue weighted by atomic mass is 35.5. The van der Waals surface area contributed by atoms with Crippen LogP contribution in [0, 0.1) is 0 Å². The van der Waals surface area contributed by atoms with Crippen molar-refractivity contribution >= 4 is 29.3 Å². The van der Waals surface area contributed by atoms with E-state index in [4.69, 9.17) is 11.6 Å². The Balaban J connectivity index is 2.11. The molecule has 0 spiro atoms. The normalized spacial score (nSPS) is 20.6. The maximum atomic E-state index is 12.5. The Labute approximate surface area is 141 Å². The number of carbonyl (C=O) groups excluding carboxylic acids is 1. The van der Waals surface area contributed by atoms with E-state index < -0.39 is 0 Å². The molecule has 1 saturated heterocycles. The molecule has 1 aliphatic rings. The third kappa shape index (κ3) is 4.33. The lowest BCUT2D eigenvalue weighted by molar-refractivity contribution is 0.0872. The number of amides is 1. The molecule has 0 bridgehead atoms. The minimum atomic E-state index is -0.212. The van der Waals surface area contributed by atoms with Crippen LogP contribution in [0.2, 0.25) is 5.15 Å². The summed E-state index contributed by atoms with van der Waals surface area (Å²) in [5.74, 6) is -0.212. The second kappa shape index (κ2) is 6.34. The fourth-order valence-corrected chi connectivity index (χ4v) is 3.89. The highest BCUT2D eigenvalue weighted by Crippen LogP contribution is 2.29. The van der Waals surface area contributed by atoms with Crippen molar-refractivity contribution in [1.82, 2.24) is 20.6 Å². The summed E-state index contributed by atoms with van der Waals surface area (Å²) in [6.07, 6.45) is 5.09. The summed E-state index contributed by atoms with van der Waals surface area (Å²) in [5.41, 5.74) is 0.277. The first-order valence-corrected chi connectivity index (χ1v) is 8.89. The van der Waals surface area contributed by atoms with Gasteiger partial charge in [0, 0.05) is 23.3 Å². The second-order valence-corrected chi connectivity index (χ2v) is 8.16. The predicted octanol–water partition coefficient (Wildman–Crippen LogP) is 2.89. The number of piperidine rings is 1. The number of carbonyl (C=O) groups is 1. The van der Waals surface area contributed by atoms with Crippen LogP contribution < -0.4 is 10.6 Å². The van der Waals surface area contributed by atoms with Crippen molar-refractivity contribution in [2.45, 2.75) is 62.8 Å². The van der Waals surface area contributed by atoms with E-state index in [1.165, 1.54) is 18.0 Å². The molecule has 0 radical (unpaired) electrons. The molecule has 0 atom stereocenters. The van der Waals surface area contributed by atoms with Crippen molar-refractivity contribution in [2.75, 3.05) is 6.26 Å². The van der Waals surface area contributed by atoms with E-state index in [-0.39, 0.29) is 28.2 Å². The maximum Gasteiger partial charge on any atom is 0.256 e. The molecule has 7 heteroatoms. The maximum absolute atomic E-state index is 12.5. The van der Waals surface area contributed by atoms with Crippen molar-refractivity contribution < 1.29 is 4.79 Å². The number of nitrogens with one attached hydrogen (secondary N) is 2. The summed E-state index contributed by atoms with van der Waals surface area (Å²) < 4.78 is 0. The van der Waals surface area contributed by atoms with Crippen molar-refractivity contribution in [3.05, 3.63) is 16.9 Å². The van der Waals surface area contributed by atoms with Crippen LogP contribution in [0.4, 0.5) is 0 Å². The third-order valence-electron chi connectivity index (χ3n) is 3.67. The number of thioether (sulfide) groups is 1. The van der Waals surface area contributed by atoms with Crippen LogP contribution in [-0.4, -0.2) is 39.3 Å². The Morgan fingerprint density at radius 1 is 1.36 bits per heavy atom. The van der Waals surface area contributed by atoms with Gasteiger partial charge in [-0.2, -0.15) is 0 Å². The number of hydrogen-bond acceptors (Lipinski definition) is 5. The van der Waals surface area contributed by atoms with Crippen LogP contribution >= 0.6 is 23.4 Å². The Kier molecular flexibility index (Phi) is 5.04. The van der Waals surface area contributed by atoms with E-state index in [0.29, 0.717) is 10.7 Å². The second-order valence-electron chi connectivity index (χ2n) is 7.03. The summed E-state index contributed by atoms with van der Waals surface area (Å²) in [4.78, 5) is 20.7. The lowest BCUT2D eigenvalue weighted by atomic mass is 9.79. The minimum Gasteiger partial charge on any atom is -0.349 e. The van der Waals surface area contributed by atoms with Gasteiger partial charge in [-0.15, -0.1) is 0 Å². The Morgan fingerprint density at radius 2 is 1.95 bits per heavy atom.